The second-order valence-corrected chi connectivity index (χ2v) is 4.30. The third-order valence-electron chi connectivity index (χ3n) is 2.96. The molecular weight excluding hydrogens is 224 g/mol. The summed E-state index contributed by atoms with van der Waals surface area (Å²) in [6, 6.07) is 16.1. The monoisotopic (exact) mass is 238 g/mol. The van der Waals surface area contributed by atoms with Gasteiger partial charge in [0.2, 0.25) is 0 Å². The van der Waals surface area contributed by atoms with E-state index in [1.165, 1.54) is 5.56 Å². The van der Waals surface area contributed by atoms with Crippen LogP contribution in [0.4, 0.5) is 0 Å². The second-order valence-electron chi connectivity index (χ2n) is 4.30. The van der Waals surface area contributed by atoms with Gasteiger partial charge in [0.05, 0.1) is 5.52 Å². The number of hydrogen-bond donors (Lipinski definition) is 1. The fourth-order valence-electron chi connectivity index (χ4n) is 1.95. The number of benzene rings is 2. The predicted molar refractivity (Wildman–Crippen MR) is 71.6 cm³/mol. The summed E-state index contributed by atoms with van der Waals surface area (Å²) in [4.78, 5) is 0. The van der Waals surface area contributed by atoms with Crippen molar-refractivity contribution in [3.05, 3.63) is 59.8 Å². The van der Waals surface area contributed by atoms with E-state index in [0.717, 1.165) is 22.3 Å². The first-order chi connectivity index (χ1) is 8.83. The Labute approximate surface area is 105 Å². The van der Waals surface area contributed by atoms with Gasteiger partial charge in [-0.05, 0) is 30.7 Å². The van der Waals surface area contributed by atoms with Crippen molar-refractivity contribution in [3.63, 3.8) is 0 Å². The SMILES string of the molecule is Cc1[nH]nc2ccc(OCc3ccccc3)cc12. The molecule has 0 aliphatic rings. The maximum atomic E-state index is 5.78. The number of rotatable bonds is 3. The van der Waals surface area contributed by atoms with Gasteiger partial charge in [0, 0.05) is 11.1 Å². The summed E-state index contributed by atoms with van der Waals surface area (Å²) < 4.78 is 5.78. The normalized spacial score (nSPS) is 10.7. The van der Waals surface area contributed by atoms with Gasteiger partial charge in [0.15, 0.2) is 0 Å². The highest BCUT2D eigenvalue weighted by atomic mass is 16.5. The topological polar surface area (TPSA) is 37.9 Å². The molecule has 18 heavy (non-hydrogen) atoms. The molecule has 2 aromatic carbocycles. The highest BCUT2D eigenvalue weighted by Gasteiger charge is 2.03. The number of aryl methyl sites for hydroxylation is 1. The Morgan fingerprint density at radius 3 is 2.78 bits per heavy atom. The van der Waals surface area contributed by atoms with Gasteiger partial charge in [-0.25, -0.2) is 0 Å². The Kier molecular flexibility index (Phi) is 2.73. The summed E-state index contributed by atoms with van der Waals surface area (Å²) in [5, 5.41) is 8.28. The smallest absolute Gasteiger partial charge is 0.120 e. The molecule has 1 N–H and O–H groups in total. The molecule has 3 aromatic rings. The standard InChI is InChI=1S/C15H14N2O/c1-11-14-9-13(7-8-15(14)17-16-11)18-10-12-5-3-2-4-6-12/h2-9H,10H2,1H3,(H,16,17). The van der Waals surface area contributed by atoms with Crippen LogP contribution in [-0.2, 0) is 6.61 Å². The van der Waals surface area contributed by atoms with Crippen molar-refractivity contribution < 1.29 is 4.74 Å². The first kappa shape index (κ1) is 10.8. The van der Waals surface area contributed by atoms with E-state index >= 15 is 0 Å². The lowest BCUT2D eigenvalue weighted by Crippen LogP contribution is -1.94. The number of aromatic nitrogens is 2. The van der Waals surface area contributed by atoms with Gasteiger partial charge in [0.1, 0.15) is 12.4 Å². The molecule has 1 heterocycles. The Morgan fingerprint density at radius 1 is 1.11 bits per heavy atom. The molecular formula is C15H14N2O. The zero-order chi connectivity index (χ0) is 12.4. The number of fused-ring (bicyclic) bond motifs is 1. The van der Waals surface area contributed by atoms with E-state index in [2.05, 4.69) is 22.3 Å². The molecule has 0 saturated heterocycles. The maximum Gasteiger partial charge on any atom is 0.120 e. The van der Waals surface area contributed by atoms with E-state index in [1.54, 1.807) is 0 Å². The Balaban J connectivity index is 1.80. The fourth-order valence-corrected chi connectivity index (χ4v) is 1.95. The van der Waals surface area contributed by atoms with Crippen molar-refractivity contribution in [3.8, 4) is 5.75 Å². The minimum absolute atomic E-state index is 0.587. The summed E-state index contributed by atoms with van der Waals surface area (Å²) in [5.74, 6) is 0.871. The van der Waals surface area contributed by atoms with E-state index in [9.17, 15) is 0 Å². The van der Waals surface area contributed by atoms with Gasteiger partial charge in [-0.15, -0.1) is 0 Å². The predicted octanol–water partition coefficient (Wildman–Crippen LogP) is 3.45. The molecule has 3 nitrogen and oxygen atoms in total. The fraction of sp³-hybridized carbons (Fsp3) is 0.133. The van der Waals surface area contributed by atoms with Crippen LogP contribution < -0.4 is 4.74 Å². The first-order valence-corrected chi connectivity index (χ1v) is 5.94. The molecule has 0 fully saturated rings. The molecule has 3 heteroatoms. The highest BCUT2D eigenvalue weighted by molar-refractivity contribution is 5.82. The molecule has 0 aliphatic carbocycles. The van der Waals surface area contributed by atoms with Crippen LogP contribution in [0.15, 0.2) is 48.5 Å². The van der Waals surface area contributed by atoms with Crippen molar-refractivity contribution in [2.24, 2.45) is 0 Å². The molecule has 0 spiro atoms. The summed E-state index contributed by atoms with van der Waals surface area (Å²) in [5.41, 5.74) is 3.20. The largest absolute Gasteiger partial charge is 0.489 e. The molecule has 0 atom stereocenters. The van der Waals surface area contributed by atoms with E-state index < -0.39 is 0 Å². The molecule has 90 valence electrons. The number of ether oxygens (including phenoxy) is 1. The van der Waals surface area contributed by atoms with Gasteiger partial charge in [0.25, 0.3) is 0 Å². The molecule has 0 amide bonds. The quantitative estimate of drug-likeness (QED) is 0.759. The molecule has 0 bridgehead atoms. The lowest BCUT2D eigenvalue weighted by atomic mass is 10.2. The summed E-state index contributed by atoms with van der Waals surface area (Å²) in [6.07, 6.45) is 0. The van der Waals surface area contributed by atoms with Crippen molar-refractivity contribution in [2.45, 2.75) is 13.5 Å². The van der Waals surface area contributed by atoms with Crippen LogP contribution >= 0.6 is 0 Å². The summed E-state index contributed by atoms with van der Waals surface area (Å²) in [7, 11) is 0. The Hall–Kier alpha value is -2.29. The van der Waals surface area contributed by atoms with Gasteiger partial charge in [-0.1, -0.05) is 30.3 Å². The lowest BCUT2D eigenvalue weighted by Gasteiger charge is -2.06. The Bertz CT molecular complexity index is 659. The zero-order valence-corrected chi connectivity index (χ0v) is 10.2. The van der Waals surface area contributed by atoms with Crippen LogP contribution in [0.25, 0.3) is 10.9 Å². The average molecular weight is 238 g/mol. The van der Waals surface area contributed by atoms with Gasteiger partial charge >= 0.3 is 0 Å². The zero-order valence-electron chi connectivity index (χ0n) is 10.2. The molecule has 0 unspecified atom stereocenters. The maximum absolute atomic E-state index is 5.78. The number of nitrogens with one attached hydrogen (secondary N) is 1. The molecule has 1 aromatic heterocycles. The third-order valence-corrected chi connectivity index (χ3v) is 2.96. The van der Waals surface area contributed by atoms with Crippen molar-refractivity contribution in [2.75, 3.05) is 0 Å². The van der Waals surface area contributed by atoms with Crippen molar-refractivity contribution in [1.82, 2.24) is 10.2 Å². The lowest BCUT2D eigenvalue weighted by molar-refractivity contribution is 0.306. The number of aromatic amines is 1. The number of hydrogen-bond acceptors (Lipinski definition) is 2. The van der Waals surface area contributed by atoms with E-state index in [0.29, 0.717) is 6.61 Å². The summed E-state index contributed by atoms with van der Waals surface area (Å²) >= 11 is 0. The second kappa shape index (κ2) is 4.53. The molecule has 0 aliphatic heterocycles. The van der Waals surface area contributed by atoms with Crippen molar-refractivity contribution in [1.29, 1.82) is 0 Å². The van der Waals surface area contributed by atoms with Crippen LogP contribution in [-0.4, -0.2) is 10.2 Å². The van der Waals surface area contributed by atoms with Gasteiger partial charge in [-0.2, -0.15) is 5.10 Å². The van der Waals surface area contributed by atoms with Crippen LogP contribution in [0, 0.1) is 6.92 Å². The average Bonchev–Trinajstić information content (AvgIpc) is 2.79. The molecule has 3 rings (SSSR count). The van der Waals surface area contributed by atoms with Crippen LogP contribution in [0.5, 0.6) is 5.75 Å². The van der Waals surface area contributed by atoms with Gasteiger partial charge < -0.3 is 4.74 Å². The minimum atomic E-state index is 0.587. The molecule has 0 saturated carbocycles. The van der Waals surface area contributed by atoms with E-state index in [4.69, 9.17) is 4.74 Å². The van der Waals surface area contributed by atoms with Crippen molar-refractivity contribution >= 4 is 10.9 Å². The highest BCUT2D eigenvalue weighted by Crippen LogP contribution is 2.22. The number of H-pyrrole nitrogens is 1. The first-order valence-electron chi connectivity index (χ1n) is 5.94. The third kappa shape index (κ3) is 2.07. The minimum Gasteiger partial charge on any atom is -0.489 e. The van der Waals surface area contributed by atoms with Gasteiger partial charge in [-0.3, -0.25) is 5.10 Å². The van der Waals surface area contributed by atoms with Crippen LogP contribution in [0.1, 0.15) is 11.3 Å². The Morgan fingerprint density at radius 2 is 1.94 bits per heavy atom. The van der Waals surface area contributed by atoms with E-state index in [-0.39, 0.29) is 0 Å². The number of nitrogens with zero attached hydrogens (tertiary/aromatic N) is 1. The van der Waals surface area contributed by atoms with E-state index in [1.807, 2.05) is 43.3 Å². The molecule has 0 radical (unpaired) electrons. The van der Waals surface area contributed by atoms with Crippen LogP contribution in [0.2, 0.25) is 0 Å². The van der Waals surface area contributed by atoms with Crippen LogP contribution in [0.3, 0.4) is 0 Å². The summed E-state index contributed by atoms with van der Waals surface area (Å²) in [6.45, 7) is 2.60.